The quantitative estimate of drug-likeness (QED) is 0.0536. The third kappa shape index (κ3) is 18.5. The molecular weight excluding hydrogens is 893 g/mol. The second kappa shape index (κ2) is 27.7. The number of thioether (sulfide) groups is 3. The fraction of sp³-hybridized carbons (Fsp3) is 0.220. The lowest BCUT2D eigenvalue weighted by atomic mass is 10.2. The molecule has 0 saturated carbocycles. The van der Waals surface area contributed by atoms with E-state index in [2.05, 4.69) is 143 Å². The van der Waals surface area contributed by atoms with E-state index >= 15 is 0 Å². The highest BCUT2D eigenvalue weighted by molar-refractivity contribution is 9.09. The molecule has 6 aromatic carbocycles. The lowest BCUT2D eigenvalue weighted by molar-refractivity contribution is -0.133. The number of hydrogen-bond acceptors (Lipinski definition) is 8. The van der Waals surface area contributed by atoms with E-state index in [4.69, 9.17) is 21.6 Å². The number of aromatic nitrogens is 4. The third-order valence-electron chi connectivity index (χ3n) is 8.36. The molecule has 0 aliphatic carbocycles. The summed E-state index contributed by atoms with van der Waals surface area (Å²) in [6.07, 6.45) is 0. The molecule has 0 saturated heterocycles. The first-order chi connectivity index (χ1) is 30.0. The summed E-state index contributed by atoms with van der Waals surface area (Å²) in [4.78, 5) is 26.4. The molecule has 0 aliphatic heterocycles. The summed E-state index contributed by atoms with van der Waals surface area (Å²) in [5, 5.41) is 9.47. The summed E-state index contributed by atoms with van der Waals surface area (Å²) in [6.45, 7) is 9.88. The highest BCUT2D eigenvalue weighted by Gasteiger charge is 2.12. The molecule has 8 nitrogen and oxygen atoms in total. The number of imidazole rings is 2. The van der Waals surface area contributed by atoms with Gasteiger partial charge in [-0.05, 0) is 84.6 Å². The van der Waals surface area contributed by atoms with Crippen LogP contribution in [0.25, 0.3) is 22.1 Å². The van der Waals surface area contributed by atoms with E-state index in [9.17, 15) is 4.79 Å². The average molecular weight is 950 g/mol. The Kier molecular flexibility index (Phi) is 22.1. The van der Waals surface area contributed by atoms with E-state index < -0.39 is 5.97 Å². The van der Waals surface area contributed by atoms with Gasteiger partial charge in [0.15, 0.2) is 0 Å². The standard InChI is InChI=1S/C18H20N2S.C14H12N2S.C8H8O2S.C6H8N2.C4H9Br/c1-14(2)12-20-17-11-7-6-10-16(17)19-18(20)13-21-15-8-4-3-5-9-15;1-2-6-11(7-3-1)17-10-14-15-12-8-4-5-9-13(12)16-14;9-8(10)6-11-7-4-2-1-3-5-7;7-5-3-1-2-4-6(5)8;1-4(2)3-5/h3-11,14H,12-13H2,1-2H3;1-9H,10H2,(H,15,16);1-5H,6H2,(H,9,10);1-4H,7-8H2;4H,3H2,1-2H3. The van der Waals surface area contributed by atoms with Gasteiger partial charge in [-0.25, -0.2) is 9.97 Å². The van der Waals surface area contributed by atoms with Gasteiger partial charge in [-0.1, -0.05) is 135 Å². The number of carbonyl (C=O) groups is 1. The number of anilines is 2. The number of carboxylic acids is 1. The van der Waals surface area contributed by atoms with Crippen LogP contribution >= 0.6 is 51.2 Å². The molecule has 324 valence electrons. The van der Waals surface area contributed by atoms with Crippen LogP contribution in [0.15, 0.2) is 178 Å². The molecule has 8 aromatic rings. The van der Waals surface area contributed by atoms with Crippen LogP contribution in [-0.4, -0.2) is 41.7 Å². The van der Waals surface area contributed by atoms with Gasteiger partial charge in [-0.3, -0.25) is 4.79 Å². The minimum absolute atomic E-state index is 0.129. The minimum Gasteiger partial charge on any atom is -0.481 e. The Morgan fingerprint density at radius 1 is 0.613 bits per heavy atom. The first-order valence-electron chi connectivity index (χ1n) is 20.3. The van der Waals surface area contributed by atoms with E-state index in [1.165, 1.54) is 32.9 Å². The number of nitrogens with zero attached hydrogens (tertiary/aromatic N) is 3. The molecule has 0 fully saturated rings. The molecule has 0 aliphatic rings. The van der Waals surface area contributed by atoms with Gasteiger partial charge >= 0.3 is 5.97 Å². The Balaban J connectivity index is 0.000000184. The Bertz CT molecular complexity index is 2410. The maximum atomic E-state index is 10.2. The van der Waals surface area contributed by atoms with Gasteiger partial charge in [0.1, 0.15) is 11.6 Å². The number of alkyl halides is 1. The van der Waals surface area contributed by atoms with Crippen LogP contribution in [0.3, 0.4) is 0 Å². The van der Waals surface area contributed by atoms with E-state index in [-0.39, 0.29) is 5.75 Å². The Labute approximate surface area is 387 Å². The second-order valence-electron chi connectivity index (χ2n) is 14.6. The number of benzene rings is 6. The van der Waals surface area contributed by atoms with Crippen LogP contribution in [0.4, 0.5) is 11.4 Å². The van der Waals surface area contributed by atoms with Crippen molar-refractivity contribution in [1.29, 1.82) is 0 Å². The predicted octanol–water partition coefficient (Wildman–Crippen LogP) is 13.6. The maximum absolute atomic E-state index is 10.2. The highest BCUT2D eigenvalue weighted by atomic mass is 79.9. The van der Waals surface area contributed by atoms with Crippen molar-refractivity contribution >= 4 is 90.6 Å². The predicted molar refractivity (Wildman–Crippen MR) is 271 cm³/mol. The fourth-order valence-corrected chi connectivity index (χ4v) is 7.68. The molecule has 0 atom stereocenters. The zero-order chi connectivity index (χ0) is 44.5. The molecular formula is C50H57BrN6O2S3. The summed E-state index contributed by atoms with van der Waals surface area (Å²) in [6, 6.07) is 54.2. The number of fused-ring (bicyclic) bond motifs is 2. The molecule has 2 aromatic heterocycles. The third-order valence-corrected chi connectivity index (χ3v) is 12.7. The average Bonchev–Trinajstić information content (AvgIpc) is 3.87. The molecule has 0 bridgehead atoms. The number of nitrogen functional groups attached to an aromatic ring is 2. The summed E-state index contributed by atoms with van der Waals surface area (Å²) < 4.78 is 2.37. The Morgan fingerprint density at radius 2 is 1.06 bits per heavy atom. The van der Waals surface area contributed by atoms with Crippen molar-refractivity contribution in [1.82, 2.24) is 19.5 Å². The number of para-hydroxylation sites is 6. The first-order valence-corrected chi connectivity index (χ1v) is 24.4. The van der Waals surface area contributed by atoms with Crippen molar-refractivity contribution in [3.05, 3.63) is 175 Å². The smallest absolute Gasteiger partial charge is 0.313 e. The molecule has 62 heavy (non-hydrogen) atoms. The van der Waals surface area contributed by atoms with E-state index in [1.54, 1.807) is 23.9 Å². The first kappa shape index (κ1) is 49.5. The number of nitrogens with two attached hydrogens (primary N) is 2. The number of H-pyrrole nitrogens is 1. The van der Waals surface area contributed by atoms with Crippen LogP contribution in [0.2, 0.25) is 0 Å². The van der Waals surface area contributed by atoms with Crippen molar-refractivity contribution in [2.45, 2.75) is 60.4 Å². The van der Waals surface area contributed by atoms with Crippen molar-refractivity contribution < 1.29 is 9.90 Å². The van der Waals surface area contributed by atoms with Gasteiger partial charge in [-0.15, -0.1) is 35.3 Å². The van der Waals surface area contributed by atoms with Crippen molar-refractivity contribution in [2.75, 3.05) is 22.6 Å². The van der Waals surface area contributed by atoms with Crippen molar-refractivity contribution in [3.63, 3.8) is 0 Å². The number of hydrogen-bond donors (Lipinski definition) is 4. The molecule has 2 heterocycles. The molecule has 0 unspecified atom stereocenters. The lowest BCUT2D eigenvalue weighted by Gasteiger charge is -2.11. The van der Waals surface area contributed by atoms with Crippen molar-refractivity contribution in [3.8, 4) is 0 Å². The number of aromatic amines is 1. The van der Waals surface area contributed by atoms with Gasteiger partial charge in [0.05, 0.1) is 50.7 Å². The van der Waals surface area contributed by atoms with E-state index in [0.717, 1.165) is 56.6 Å². The van der Waals surface area contributed by atoms with Gasteiger partial charge in [0, 0.05) is 26.6 Å². The minimum atomic E-state index is -0.779. The zero-order valence-electron chi connectivity index (χ0n) is 35.7. The van der Waals surface area contributed by atoms with E-state index in [1.807, 2.05) is 78.5 Å². The van der Waals surface area contributed by atoms with Crippen molar-refractivity contribution in [2.24, 2.45) is 11.8 Å². The summed E-state index contributed by atoms with van der Waals surface area (Å²) in [7, 11) is 0. The fourth-order valence-electron chi connectivity index (χ4n) is 5.38. The Hall–Kier alpha value is -5.14. The van der Waals surface area contributed by atoms with E-state index in [0.29, 0.717) is 17.3 Å². The summed E-state index contributed by atoms with van der Waals surface area (Å²) in [5.74, 6) is 4.74. The maximum Gasteiger partial charge on any atom is 0.313 e. The Morgan fingerprint density at radius 3 is 1.55 bits per heavy atom. The molecule has 8 rings (SSSR count). The van der Waals surface area contributed by atoms with Crippen LogP contribution in [0.1, 0.15) is 39.3 Å². The van der Waals surface area contributed by atoms with Gasteiger partial charge in [0.25, 0.3) is 0 Å². The zero-order valence-corrected chi connectivity index (χ0v) is 39.8. The van der Waals surface area contributed by atoms with Gasteiger partial charge in [0.2, 0.25) is 0 Å². The van der Waals surface area contributed by atoms with Crippen LogP contribution in [-0.2, 0) is 22.8 Å². The van der Waals surface area contributed by atoms with Gasteiger partial charge in [-0.2, -0.15) is 0 Å². The number of aliphatic carboxylic acids is 1. The van der Waals surface area contributed by atoms with Crippen LogP contribution in [0, 0.1) is 11.8 Å². The molecule has 6 N–H and O–H groups in total. The highest BCUT2D eigenvalue weighted by Crippen LogP contribution is 2.26. The number of halogens is 1. The normalized spacial score (nSPS) is 10.4. The molecule has 0 spiro atoms. The monoisotopic (exact) mass is 948 g/mol. The second-order valence-corrected chi connectivity index (χ2v) is 18.4. The molecule has 12 heteroatoms. The van der Waals surface area contributed by atoms with Crippen LogP contribution < -0.4 is 11.5 Å². The SMILES string of the molecule is CC(C)CBr.CC(C)Cn1c(CSc2ccccc2)nc2ccccc21.Nc1ccccc1N.O=C(O)CSc1ccccc1.c1ccc(SCc2nc3ccccc3[nH]2)cc1. The topological polar surface area (TPSA) is 136 Å². The number of rotatable bonds is 12. The van der Waals surface area contributed by atoms with Crippen LogP contribution in [0.5, 0.6) is 0 Å². The van der Waals surface area contributed by atoms with Gasteiger partial charge < -0.3 is 26.1 Å². The number of nitrogens with one attached hydrogen (secondary N) is 1. The summed E-state index contributed by atoms with van der Waals surface area (Å²) in [5.41, 5.74) is 16.6. The molecule has 0 amide bonds. The number of carboxylic acid groups (broad SMARTS) is 1. The summed E-state index contributed by atoms with van der Waals surface area (Å²) >= 11 is 8.28. The molecule has 0 radical (unpaired) electrons. The lowest BCUT2D eigenvalue weighted by Crippen LogP contribution is -2.07. The largest absolute Gasteiger partial charge is 0.481 e.